The zero-order valence-electron chi connectivity index (χ0n) is 20.7. The molecule has 0 bridgehead atoms. The number of fused-ring (bicyclic) bond motifs is 2. The summed E-state index contributed by atoms with van der Waals surface area (Å²) in [6.45, 7) is 5.95. The minimum Gasteiger partial charge on any atom is -0.353 e. The molecular formula is C27H31N7O2. The van der Waals surface area contributed by atoms with Crippen molar-refractivity contribution >= 4 is 34.5 Å². The molecule has 9 nitrogen and oxygen atoms in total. The van der Waals surface area contributed by atoms with E-state index in [-0.39, 0.29) is 12.2 Å². The third kappa shape index (κ3) is 5.03. The molecule has 1 aromatic carbocycles. The second-order valence-electron chi connectivity index (χ2n) is 9.46. The first-order valence-corrected chi connectivity index (χ1v) is 12.4. The van der Waals surface area contributed by atoms with Crippen molar-refractivity contribution in [2.45, 2.75) is 50.9 Å². The van der Waals surface area contributed by atoms with Crippen LogP contribution in [0.1, 0.15) is 50.3 Å². The van der Waals surface area contributed by atoms with Crippen LogP contribution in [0.25, 0.3) is 22.1 Å². The first-order valence-electron chi connectivity index (χ1n) is 12.4. The van der Waals surface area contributed by atoms with Gasteiger partial charge in [-0.2, -0.15) is 0 Å². The van der Waals surface area contributed by atoms with Gasteiger partial charge in [0.25, 0.3) is 0 Å². The molecule has 186 valence electrons. The molecule has 0 spiro atoms. The Morgan fingerprint density at radius 3 is 2.94 bits per heavy atom. The number of nitrogens with one attached hydrogen (secondary N) is 1. The number of benzene rings is 1. The summed E-state index contributed by atoms with van der Waals surface area (Å²) in [5.74, 6) is -0.349. The van der Waals surface area contributed by atoms with Gasteiger partial charge in [-0.05, 0) is 69.0 Å². The van der Waals surface area contributed by atoms with Crippen molar-refractivity contribution in [2.24, 2.45) is 4.99 Å². The average molecular weight is 486 g/mol. The van der Waals surface area contributed by atoms with Crippen molar-refractivity contribution in [3.8, 4) is 0 Å². The van der Waals surface area contributed by atoms with Gasteiger partial charge in [0.1, 0.15) is 5.52 Å². The molecule has 2 atom stereocenters. The molecule has 1 saturated heterocycles. The summed E-state index contributed by atoms with van der Waals surface area (Å²) in [4.78, 5) is 13.8. The minimum atomic E-state index is -0.503. The predicted molar refractivity (Wildman–Crippen MR) is 140 cm³/mol. The second-order valence-corrected chi connectivity index (χ2v) is 9.46. The summed E-state index contributed by atoms with van der Waals surface area (Å²) in [6, 6.07) is 14.0. The Hall–Kier alpha value is -3.56. The fourth-order valence-electron chi connectivity index (χ4n) is 4.44. The molecule has 3 aromatic heterocycles. The normalized spacial score (nSPS) is 17.7. The molecular weight excluding hydrogens is 454 g/mol. The molecule has 0 amide bonds. The molecule has 5 rings (SSSR count). The third-order valence-corrected chi connectivity index (χ3v) is 6.61. The largest absolute Gasteiger partial charge is 0.353 e. The molecule has 1 aliphatic heterocycles. The Balaban J connectivity index is 1.35. The van der Waals surface area contributed by atoms with E-state index in [1.165, 1.54) is 6.21 Å². The van der Waals surface area contributed by atoms with E-state index in [9.17, 15) is 0 Å². The predicted octanol–water partition coefficient (Wildman–Crippen LogP) is 4.51. The topological polar surface area (TPSA) is 111 Å². The number of rotatable bonds is 9. The second kappa shape index (κ2) is 10.6. The van der Waals surface area contributed by atoms with E-state index in [2.05, 4.69) is 52.3 Å². The van der Waals surface area contributed by atoms with Gasteiger partial charge in [-0.25, -0.2) is 9.67 Å². The highest BCUT2D eigenvalue weighted by molar-refractivity contribution is 5.89. The highest BCUT2D eigenvalue weighted by atomic mass is 16.7. The fourth-order valence-corrected chi connectivity index (χ4v) is 4.44. The van der Waals surface area contributed by atoms with Crippen LogP contribution in [0.5, 0.6) is 0 Å². The van der Waals surface area contributed by atoms with E-state index in [0.717, 1.165) is 48.0 Å². The number of ether oxygens (including phenoxy) is 2. The molecule has 1 N–H and O–H groups in total. The third-order valence-electron chi connectivity index (χ3n) is 6.61. The summed E-state index contributed by atoms with van der Waals surface area (Å²) in [5, 5.41) is 17.8. The van der Waals surface area contributed by atoms with Gasteiger partial charge in [0.05, 0.1) is 35.8 Å². The van der Waals surface area contributed by atoms with Gasteiger partial charge < -0.3 is 14.9 Å². The standard InChI is InChI=1S/C27H31N7O2/c1-27(2,21-8-9-22-19(16-21)6-5-12-30-22)34-26-24(32-33-34)11-10-23(31-26)20(17-28)18-29-13-15-36-25-7-3-4-14-35-25/h5-6,8-12,16-18,20,25,28H,3-4,7,13-15H2,1-2H3. The van der Waals surface area contributed by atoms with Crippen LogP contribution in [0.15, 0.2) is 53.7 Å². The Kier molecular flexibility index (Phi) is 7.11. The van der Waals surface area contributed by atoms with E-state index in [4.69, 9.17) is 19.9 Å². The lowest BCUT2D eigenvalue weighted by atomic mass is 9.93. The van der Waals surface area contributed by atoms with E-state index < -0.39 is 5.54 Å². The van der Waals surface area contributed by atoms with Crippen LogP contribution in [-0.2, 0) is 15.0 Å². The zero-order valence-corrected chi connectivity index (χ0v) is 20.7. The highest BCUT2D eigenvalue weighted by Gasteiger charge is 2.28. The lowest BCUT2D eigenvalue weighted by molar-refractivity contribution is -0.160. The highest BCUT2D eigenvalue weighted by Crippen LogP contribution is 2.30. The maximum absolute atomic E-state index is 7.95. The lowest BCUT2D eigenvalue weighted by Crippen LogP contribution is -2.29. The summed E-state index contributed by atoms with van der Waals surface area (Å²) in [5.41, 5.74) is 3.62. The van der Waals surface area contributed by atoms with Gasteiger partial charge in [0.15, 0.2) is 11.9 Å². The average Bonchev–Trinajstić information content (AvgIpc) is 3.35. The van der Waals surface area contributed by atoms with Crippen LogP contribution in [0.3, 0.4) is 0 Å². The monoisotopic (exact) mass is 485 g/mol. The van der Waals surface area contributed by atoms with Crippen LogP contribution >= 0.6 is 0 Å². The molecule has 2 unspecified atom stereocenters. The lowest BCUT2D eigenvalue weighted by Gasteiger charge is -2.26. The fraction of sp³-hybridized carbons (Fsp3) is 0.407. The number of nitrogens with zero attached hydrogens (tertiary/aromatic N) is 6. The van der Waals surface area contributed by atoms with Gasteiger partial charge in [-0.1, -0.05) is 17.3 Å². The Labute approximate surface area is 210 Å². The van der Waals surface area contributed by atoms with E-state index in [1.807, 2.05) is 28.9 Å². The molecule has 9 heteroatoms. The van der Waals surface area contributed by atoms with Crippen molar-refractivity contribution in [1.29, 1.82) is 5.41 Å². The van der Waals surface area contributed by atoms with Crippen LogP contribution in [0.4, 0.5) is 0 Å². The van der Waals surface area contributed by atoms with Crippen molar-refractivity contribution < 1.29 is 9.47 Å². The molecule has 36 heavy (non-hydrogen) atoms. The summed E-state index contributed by atoms with van der Waals surface area (Å²) < 4.78 is 13.2. The molecule has 0 radical (unpaired) electrons. The van der Waals surface area contributed by atoms with Gasteiger partial charge in [-0.3, -0.25) is 9.98 Å². The van der Waals surface area contributed by atoms with Crippen LogP contribution in [0, 0.1) is 5.41 Å². The van der Waals surface area contributed by atoms with E-state index >= 15 is 0 Å². The first kappa shape index (κ1) is 24.1. The van der Waals surface area contributed by atoms with Crippen molar-refractivity contribution in [3.05, 3.63) is 59.9 Å². The van der Waals surface area contributed by atoms with Crippen molar-refractivity contribution in [2.75, 3.05) is 19.8 Å². The van der Waals surface area contributed by atoms with Gasteiger partial charge in [0, 0.05) is 30.6 Å². The molecule has 0 aliphatic carbocycles. The van der Waals surface area contributed by atoms with Gasteiger partial charge in [0.2, 0.25) is 0 Å². The summed E-state index contributed by atoms with van der Waals surface area (Å²) in [6.07, 6.45) is 7.95. The summed E-state index contributed by atoms with van der Waals surface area (Å²) in [7, 11) is 0. The first-order chi connectivity index (χ1) is 17.6. The molecule has 0 saturated carbocycles. The van der Waals surface area contributed by atoms with Crippen LogP contribution in [0.2, 0.25) is 0 Å². The number of pyridine rings is 2. The maximum Gasteiger partial charge on any atom is 0.179 e. The van der Waals surface area contributed by atoms with Gasteiger partial charge in [-0.15, -0.1) is 5.10 Å². The minimum absolute atomic E-state index is 0.119. The van der Waals surface area contributed by atoms with Crippen molar-refractivity contribution in [1.82, 2.24) is 25.0 Å². The number of aromatic nitrogens is 5. The van der Waals surface area contributed by atoms with Crippen LogP contribution < -0.4 is 0 Å². The quantitative estimate of drug-likeness (QED) is 0.276. The number of hydrogen-bond acceptors (Lipinski definition) is 8. The number of aliphatic imine (C=N–C) groups is 1. The molecule has 4 heterocycles. The zero-order chi connectivity index (χ0) is 25.0. The van der Waals surface area contributed by atoms with Crippen LogP contribution in [-0.4, -0.2) is 63.4 Å². The summed E-state index contributed by atoms with van der Waals surface area (Å²) >= 11 is 0. The Morgan fingerprint density at radius 2 is 2.11 bits per heavy atom. The molecule has 1 aliphatic rings. The smallest absolute Gasteiger partial charge is 0.179 e. The SMILES string of the molecule is CC(C)(c1ccc2ncccc2c1)n1nnc2ccc(C(C=N)C=NCCOC3CCCCO3)nc21. The molecule has 4 aromatic rings. The van der Waals surface area contributed by atoms with Crippen molar-refractivity contribution in [3.63, 3.8) is 0 Å². The Morgan fingerprint density at radius 1 is 1.22 bits per heavy atom. The molecule has 1 fully saturated rings. The number of hydrogen-bond donors (Lipinski definition) is 1. The van der Waals surface area contributed by atoms with E-state index in [1.54, 1.807) is 12.4 Å². The van der Waals surface area contributed by atoms with Gasteiger partial charge >= 0.3 is 0 Å². The maximum atomic E-state index is 7.95. The Bertz CT molecular complexity index is 1380. The van der Waals surface area contributed by atoms with E-state index in [0.29, 0.717) is 24.3 Å².